The van der Waals surface area contributed by atoms with Crippen molar-refractivity contribution >= 4 is 20.9 Å². The van der Waals surface area contributed by atoms with Crippen molar-refractivity contribution in [2.45, 2.75) is 44.4 Å². The molecular formula is C25H26F3N3O3S. The number of hydrogen-bond acceptors (Lipinski definition) is 5. The minimum atomic E-state index is -3.00. The van der Waals surface area contributed by atoms with E-state index >= 15 is 0 Å². The van der Waals surface area contributed by atoms with Crippen LogP contribution >= 0.6 is 0 Å². The number of alkyl halides is 2. The van der Waals surface area contributed by atoms with Crippen LogP contribution in [0.4, 0.5) is 13.2 Å². The molecule has 35 heavy (non-hydrogen) atoms. The molecule has 0 N–H and O–H groups in total. The molecule has 1 saturated carbocycles. The van der Waals surface area contributed by atoms with Gasteiger partial charge < -0.3 is 0 Å². The van der Waals surface area contributed by atoms with Gasteiger partial charge in [0.1, 0.15) is 17.8 Å². The van der Waals surface area contributed by atoms with Crippen LogP contribution in [0.1, 0.15) is 60.4 Å². The average molecular weight is 506 g/mol. The van der Waals surface area contributed by atoms with E-state index in [0.717, 1.165) is 6.07 Å². The van der Waals surface area contributed by atoms with Crippen LogP contribution in [0, 0.1) is 17.7 Å². The van der Waals surface area contributed by atoms with Gasteiger partial charge >= 0.3 is 0 Å². The Morgan fingerprint density at radius 1 is 1.11 bits per heavy atom. The molecule has 0 bridgehead atoms. The highest BCUT2D eigenvalue weighted by Crippen LogP contribution is 2.46. The molecule has 3 aromatic rings. The number of nitrogens with zero attached hydrogens (tertiary/aromatic N) is 3. The summed E-state index contributed by atoms with van der Waals surface area (Å²) in [6.07, 6.45) is 0.0140. The largest absolute Gasteiger partial charge is 0.295 e. The fourth-order valence-electron chi connectivity index (χ4n) is 5.91. The predicted octanol–water partition coefficient (Wildman–Crippen LogP) is 4.29. The molecule has 0 radical (unpaired) electrons. The zero-order valence-electron chi connectivity index (χ0n) is 19.4. The van der Waals surface area contributed by atoms with Crippen molar-refractivity contribution < 1.29 is 21.6 Å². The minimum absolute atomic E-state index is 0.0470. The van der Waals surface area contributed by atoms with Crippen LogP contribution in [0.15, 0.2) is 35.4 Å². The van der Waals surface area contributed by atoms with Crippen molar-refractivity contribution in [1.29, 1.82) is 0 Å². The highest BCUT2D eigenvalue weighted by Gasteiger charge is 2.45. The molecular weight excluding hydrogens is 479 g/mol. The lowest BCUT2D eigenvalue weighted by atomic mass is 9.92. The summed E-state index contributed by atoms with van der Waals surface area (Å²) in [5.74, 6) is -0.898. The van der Waals surface area contributed by atoms with Gasteiger partial charge in [0, 0.05) is 18.0 Å². The lowest BCUT2D eigenvalue weighted by Gasteiger charge is -2.18. The van der Waals surface area contributed by atoms with Crippen LogP contribution in [-0.2, 0) is 23.3 Å². The van der Waals surface area contributed by atoms with Gasteiger partial charge in [-0.3, -0.25) is 9.36 Å². The van der Waals surface area contributed by atoms with Gasteiger partial charge in [-0.15, -0.1) is 0 Å². The number of aromatic nitrogens is 3. The summed E-state index contributed by atoms with van der Waals surface area (Å²) in [5.41, 5.74) is 1.05. The first-order valence-electron chi connectivity index (χ1n) is 11.7. The highest BCUT2D eigenvalue weighted by molar-refractivity contribution is 7.91. The molecule has 0 unspecified atom stereocenters. The molecule has 0 amide bonds. The fourth-order valence-corrected chi connectivity index (χ4v) is 8.17. The molecule has 1 saturated heterocycles. The van der Waals surface area contributed by atoms with Crippen LogP contribution in [0.2, 0.25) is 0 Å². The lowest BCUT2D eigenvalue weighted by Crippen LogP contribution is -2.24. The fraction of sp³-hybridized carbons (Fsp3) is 0.480. The Morgan fingerprint density at radius 3 is 2.43 bits per heavy atom. The third-order valence-electron chi connectivity index (χ3n) is 7.66. The number of hydrogen-bond donors (Lipinski definition) is 0. The summed E-state index contributed by atoms with van der Waals surface area (Å²) < 4.78 is 66.5. The quantitative estimate of drug-likeness (QED) is 0.517. The van der Waals surface area contributed by atoms with E-state index in [4.69, 9.17) is 0 Å². The van der Waals surface area contributed by atoms with Crippen LogP contribution < -0.4 is 5.56 Å². The number of halogens is 3. The Kier molecular flexibility index (Phi) is 5.97. The van der Waals surface area contributed by atoms with Gasteiger partial charge in [0.15, 0.2) is 9.84 Å². The van der Waals surface area contributed by atoms with E-state index < -0.39 is 33.6 Å². The molecule has 2 fully saturated rings. The SMILES string of the molecule is C[C@@H](Cc1ncnc2c1cc([C@H]1C[C@@H]3CS(=O)(=O)C[C@@H]3C1)c(=O)n2C)c1cccc(C(F)F)c1F. The Hall–Kier alpha value is -2.75. The summed E-state index contributed by atoms with van der Waals surface area (Å²) in [6, 6.07) is 5.81. The first-order chi connectivity index (χ1) is 16.6. The van der Waals surface area contributed by atoms with Crippen molar-refractivity contribution in [3.8, 4) is 0 Å². The van der Waals surface area contributed by atoms with Gasteiger partial charge in [-0.2, -0.15) is 0 Å². The van der Waals surface area contributed by atoms with Gasteiger partial charge in [-0.25, -0.2) is 31.6 Å². The number of fused-ring (bicyclic) bond motifs is 2. The molecule has 186 valence electrons. The molecule has 3 heterocycles. The smallest absolute Gasteiger partial charge is 0.266 e. The summed E-state index contributed by atoms with van der Waals surface area (Å²) >= 11 is 0. The molecule has 10 heteroatoms. The zero-order valence-corrected chi connectivity index (χ0v) is 20.2. The second-order valence-electron chi connectivity index (χ2n) is 9.94. The van der Waals surface area contributed by atoms with Crippen LogP contribution in [0.25, 0.3) is 11.0 Å². The van der Waals surface area contributed by atoms with Crippen LogP contribution in [0.3, 0.4) is 0 Å². The highest BCUT2D eigenvalue weighted by atomic mass is 32.2. The molecule has 0 spiro atoms. The topological polar surface area (TPSA) is 81.9 Å². The second-order valence-corrected chi connectivity index (χ2v) is 12.1. The molecule has 2 aliphatic rings. The maximum absolute atomic E-state index is 14.7. The molecule has 2 aromatic heterocycles. The molecule has 1 aromatic carbocycles. The van der Waals surface area contributed by atoms with Crippen molar-refractivity contribution in [3.05, 3.63) is 69.1 Å². The normalized spacial score (nSPS) is 24.2. The van der Waals surface area contributed by atoms with E-state index in [0.29, 0.717) is 35.1 Å². The van der Waals surface area contributed by atoms with Crippen molar-refractivity contribution in [1.82, 2.24) is 14.5 Å². The molecule has 4 atom stereocenters. The number of benzene rings is 1. The van der Waals surface area contributed by atoms with Gasteiger partial charge in [0.25, 0.3) is 12.0 Å². The first-order valence-corrected chi connectivity index (χ1v) is 13.5. The maximum atomic E-state index is 14.7. The third kappa shape index (κ3) is 4.26. The Balaban J connectivity index is 1.51. The third-order valence-corrected chi connectivity index (χ3v) is 9.53. The lowest BCUT2D eigenvalue weighted by molar-refractivity contribution is 0.146. The summed E-state index contributed by atoms with van der Waals surface area (Å²) in [5, 5.41) is 0.659. The Morgan fingerprint density at radius 2 is 1.77 bits per heavy atom. The summed E-state index contributed by atoms with van der Waals surface area (Å²) in [6.45, 7) is 1.75. The minimum Gasteiger partial charge on any atom is -0.295 e. The molecule has 1 aliphatic carbocycles. The number of aryl methyl sites for hydroxylation is 1. The molecule has 1 aliphatic heterocycles. The van der Waals surface area contributed by atoms with E-state index in [2.05, 4.69) is 9.97 Å². The summed E-state index contributed by atoms with van der Waals surface area (Å²) in [7, 11) is -1.36. The van der Waals surface area contributed by atoms with Crippen molar-refractivity contribution in [2.24, 2.45) is 18.9 Å². The van der Waals surface area contributed by atoms with Gasteiger partial charge in [-0.1, -0.05) is 25.1 Å². The van der Waals surface area contributed by atoms with Gasteiger partial charge in [0.2, 0.25) is 0 Å². The first kappa shape index (κ1) is 24.0. The van der Waals surface area contributed by atoms with E-state index in [-0.39, 0.29) is 46.8 Å². The Labute approximate surface area is 201 Å². The molecule has 6 nitrogen and oxygen atoms in total. The number of sulfone groups is 1. The van der Waals surface area contributed by atoms with Gasteiger partial charge in [0.05, 0.1) is 22.8 Å². The second kappa shape index (κ2) is 8.72. The summed E-state index contributed by atoms with van der Waals surface area (Å²) in [4.78, 5) is 21.9. The predicted molar refractivity (Wildman–Crippen MR) is 126 cm³/mol. The average Bonchev–Trinajstić information content (AvgIpc) is 3.29. The van der Waals surface area contributed by atoms with Crippen molar-refractivity contribution in [2.75, 3.05) is 11.5 Å². The zero-order chi connectivity index (χ0) is 25.1. The van der Waals surface area contributed by atoms with E-state index in [1.165, 1.54) is 23.0 Å². The maximum Gasteiger partial charge on any atom is 0.266 e. The van der Waals surface area contributed by atoms with Crippen molar-refractivity contribution in [3.63, 3.8) is 0 Å². The number of rotatable bonds is 5. The number of pyridine rings is 1. The van der Waals surface area contributed by atoms with E-state index in [9.17, 15) is 26.4 Å². The van der Waals surface area contributed by atoms with Crippen LogP contribution in [-0.4, -0.2) is 34.5 Å². The monoisotopic (exact) mass is 505 g/mol. The van der Waals surface area contributed by atoms with E-state index in [1.54, 1.807) is 20.0 Å². The van der Waals surface area contributed by atoms with Gasteiger partial charge in [-0.05, 0) is 54.6 Å². The molecule has 5 rings (SSSR count). The Bertz CT molecular complexity index is 1450. The van der Waals surface area contributed by atoms with E-state index in [1.807, 2.05) is 0 Å². The van der Waals surface area contributed by atoms with Crippen LogP contribution in [0.5, 0.6) is 0 Å². The standard InChI is InChI=1S/C25H26F3N3O3S/c1-13(17-4-3-5-18(22(17)26)23(27)28)6-21-20-9-19(25(32)31(2)24(20)30-12-29-21)14-7-15-10-35(33,34)11-16(15)8-14/h3-5,9,12-16,23H,6-8,10-11H2,1-2H3/t13-,14-,15+,16-/m0/s1.